The molecule has 0 spiro atoms. The number of carboxylic acid groups (broad SMARTS) is 1. The van der Waals surface area contributed by atoms with Crippen molar-refractivity contribution < 1.29 is 29.3 Å². The number of anilines is 1. The van der Waals surface area contributed by atoms with E-state index in [2.05, 4.69) is 10.6 Å². The lowest BCUT2D eigenvalue weighted by molar-refractivity contribution is 0.0697. The van der Waals surface area contributed by atoms with Crippen molar-refractivity contribution in [3.63, 3.8) is 0 Å². The maximum absolute atomic E-state index is 13.5. The molecule has 0 aliphatic carbocycles. The summed E-state index contributed by atoms with van der Waals surface area (Å²) in [6.45, 7) is 5.84. The SMILES string of the molecule is COc1cc(-c2ccc(C(=O)NCC(C)C)cc2C(=O)O)c(C(=O)Nc2ccc(C(=N)N)cc2)cc1C(C)O. The van der Waals surface area contributed by atoms with E-state index in [1.54, 1.807) is 24.3 Å². The van der Waals surface area contributed by atoms with Crippen LogP contribution in [0.15, 0.2) is 54.6 Å². The first kappa shape index (κ1) is 28.9. The molecule has 0 saturated carbocycles. The van der Waals surface area contributed by atoms with E-state index in [-0.39, 0.29) is 45.3 Å². The van der Waals surface area contributed by atoms with Gasteiger partial charge in [0.2, 0.25) is 0 Å². The van der Waals surface area contributed by atoms with Gasteiger partial charge in [0, 0.05) is 34.5 Å². The van der Waals surface area contributed by atoms with Crippen LogP contribution in [0.1, 0.15) is 69.1 Å². The fourth-order valence-electron chi connectivity index (χ4n) is 3.94. The summed E-state index contributed by atoms with van der Waals surface area (Å²) in [6.07, 6.45) is -0.985. The average molecular weight is 533 g/mol. The number of carbonyl (C=O) groups is 3. The van der Waals surface area contributed by atoms with Crippen LogP contribution >= 0.6 is 0 Å². The molecule has 10 heteroatoms. The number of nitrogen functional groups attached to an aromatic ring is 1. The minimum atomic E-state index is -1.28. The number of ether oxygens (including phenoxy) is 1. The quantitative estimate of drug-likeness (QED) is 0.169. The highest BCUT2D eigenvalue weighted by atomic mass is 16.5. The van der Waals surface area contributed by atoms with Crippen LogP contribution < -0.4 is 21.1 Å². The van der Waals surface area contributed by atoms with Crippen LogP contribution in [-0.4, -0.2) is 47.5 Å². The molecule has 0 heterocycles. The fraction of sp³-hybridized carbons (Fsp3) is 0.241. The van der Waals surface area contributed by atoms with Gasteiger partial charge in [0.25, 0.3) is 11.8 Å². The van der Waals surface area contributed by atoms with Crippen molar-refractivity contribution in [2.24, 2.45) is 11.7 Å². The molecule has 1 atom stereocenters. The van der Waals surface area contributed by atoms with Crippen molar-refractivity contribution in [3.05, 3.63) is 82.4 Å². The number of nitrogens with one attached hydrogen (secondary N) is 3. The van der Waals surface area contributed by atoms with E-state index in [1.165, 1.54) is 44.4 Å². The van der Waals surface area contributed by atoms with Crippen LogP contribution in [-0.2, 0) is 0 Å². The molecule has 0 aromatic heterocycles. The molecule has 7 N–H and O–H groups in total. The van der Waals surface area contributed by atoms with E-state index < -0.39 is 23.9 Å². The normalized spacial score (nSPS) is 11.5. The van der Waals surface area contributed by atoms with Crippen LogP contribution in [0.5, 0.6) is 5.75 Å². The van der Waals surface area contributed by atoms with E-state index in [1.807, 2.05) is 13.8 Å². The van der Waals surface area contributed by atoms with Crippen molar-refractivity contribution in [1.82, 2.24) is 5.32 Å². The molecule has 0 fully saturated rings. The summed E-state index contributed by atoms with van der Waals surface area (Å²) < 4.78 is 5.44. The predicted octanol–water partition coefficient (Wildman–Crippen LogP) is 4.04. The van der Waals surface area contributed by atoms with Crippen LogP contribution in [0.4, 0.5) is 5.69 Å². The minimum absolute atomic E-state index is 0.0850. The molecule has 0 aliphatic rings. The second kappa shape index (κ2) is 12.2. The fourth-order valence-corrected chi connectivity index (χ4v) is 3.94. The number of benzene rings is 3. The number of nitrogens with two attached hydrogens (primary N) is 1. The number of carbonyl (C=O) groups excluding carboxylic acids is 2. The lowest BCUT2D eigenvalue weighted by Crippen LogP contribution is -2.27. The maximum atomic E-state index is 13.5. The van der Waals surface area contributed by atoms with Gasteiger partial charge in [0.15, 0.2) is 0 Å². The van der Waals surface area contributed by atoms with Crippen LogP contribution in [0.25, 0.3) is 11.1 Å². The van der Waals surface area contributed by atoms with Gasteiger partial charge in [0.1, 0.15) is 11.6 Å². The molecule has 204 valence electrons. The Kier molecular flexibility index (Phi) is 9.05. The molecule has 2 amide bonds. The monoisotopic (exact) mass is 532 g/mol. The summed E-state index contributed by atoms with van der Waals surface area (Å²) >= 11 is 0. The zero-order chi connectivity index (χ0) is 28.9. The molecule has 39 heavy (non-hydrogen) atoms. The molecule has 0 radical (unpaired) electrons. The zero-order valence-electron chi connectivity index (χ0n) is 22.2. The summed E-state index contributed by atoms with van der Waals surface area (Å²) in [6, 6.07) is 13.5. The van der Waals surface area contributed by atoms with Gasteiger partial charge in [0.05, 0.1) is 18.8 Å². The summed E-state index contributed by atoms with van der Waals surface area (Å²) in [5, 5.41) is 33.4. The molecule has 0 saturated heterocycles. The number of aliphatic hydroxyl groups is 1. The maximum Gasteiger partial charge on any atom is 0.336 e. The smallest absolute Gasteiger partial charge is 0.336 e. The topological polar surface area (TPSA) is 175 Å². The Hall–Kier alpha value is -4.70. The van der Waals surface area contributed by atoms with Gasteiger partial charge in [-0.15, -0.1) is 0 Å². The van der Waals surface area contributed by atoms with E-state index in [4.69, 9.17) is 15.9 Å². The van der Waals surface area contributed by atoms with Crippen molar-refractivity contribution in [2.45, 2.75) is 26.9 Å². The van der Waals surface area contributed by atoms with Gasteiger partial charge >= 0.3 is 5.97 Å². The number of amides is 2. The number of methoxy groups -OCH3 is 1. The summed E-state index contributed by atoms with van der Waals surface area (Å²) in [5.41, 5.74) is 7.23. The Morgan fingerprint density at radius 3 is 2.10 bits per heavy atom. The van der Waals surface area contributed by atoms with E-state index in [9.17, 15) is 24.6 Å². The van der Waals surface area contributed by atoms with Gasteiger partial charge in [-0.25, -0.2) is 4.79 Å². The highest BCUT2D eigenvalue weighted by Crippen LogP contribution is 2.36. The number of hydrogen-bond donors (Lipinski definition) is 6. The summed E-state index contributed by atoms with van der Waals surface area (Å²) in [4.78, 5) is 38.4. The molecule has 0 bridgehead atoms. The first-order valence-electron chi connectivity index (χ1n) is 12.2. The molecule has 0 aliphatic heterocycles. The predicted molar refractivity (Wildman–Crippen MR) is 149 cm³/mol. The Bertz CT molecular complexity index is 1410. The number of amidine groups is 1. The number of hydrogen-bond acceptors (Lipinski definition) is 6. The third kappa shape index (κ3) is 6.79. The Balaban J connectivity index is 2.14. The first-order valence-corrected chi connectivity index (χ1v) is 12.2. The first-order chi connectivity index (χ1) is 18.4. The molecule has 1 unspecified atom stereocenters. The second-order valence-electron chi connectivity index (χ2n) is 9.43. The molecule has 3 aromatic rings. The lowest BCUT2D eigenvalue weighted by Gasteiger charge is -2.19. The average Bonchev–Trinajstić information content (AvgIpc) is 2.90. The highest BCUT2D eigenvalue weighted by Gasteiger charge is 2.24. The third-order valence-corrected chi connectivity index (χ3v) is 5.99. The summed E-state index contributed by atoms with van der Waals surface area (Å²) in [5.74, 6) is -1.90. The molecular weight excluding hydrogens is 500 g/mol. The summed E-state index contributed by atoms with van der Waals surface area (Å²) in [7, 11) is 1.40. The van der Waals surface area contributed by atoms with E-state index in [0.717, 1.165) is 0 Å². The number of rotatable bonds is 10. The van der Waals surface area contributed by atoms with Crippen LogP contribution in [0.3, 0.4) is 0 Å². The van der Waals surface area contributed by atoms with E-state index >= 15 is 0 Å². The molecular formula is C29H32N4O6. The highest BCUT2D eigenvalue weighted by molar-refractivity contribution is 6.11. The van der Waals surface area contributed by atoms with Gasteiger partial charge in [-0.1, -0.05) is 19.9 Å². The standard InChI is InChI=1S/C29H32N4O6/c1-15(2)14-32-27(35)18-7-10-20(24(11-18)29(37)38)22-13-25(39-4)21(16(3)34)12-23(22)28(36)33-19-8-5-17(6-9-19)26(30)31/h5-13,15-16,34H,14H2,1-4H3,(H3,30,31)(H,32,35)(H,33,36)(H,37,38). The minimum Gasteiger partial charge on any atom is -0.496 e. The van der Waals surface area contributed by atoms with Crippen LogP contribution in [0, 0.1) is 11.3 Å². The molecule has 3 aromatic carbocycles. The van der Waals surface area contributed by atoms with Crippen molar-refractivity contribution >= 4 is 29.3 Å². The van der Waals surface area contributed by atoms with E-state index in [0.29, 0.717) is 23.4 Å². The Morgan fingerprint density at radius 1 is 0.923 bits per heavy atom. The molecule has 3 rings (SSSR count). The van der Waals surface area contributed by atoms with Crippen molar-refractivity contribution in [3.8, 4) is 16.9 Å². The number of aliphatic hydroxyl groups excluding tert-OH is 1. The number of carboxylic acids is 1. The lowest BCUT2D eigenvalue weighted by atomic mass is 9.90. The largest absolute Gasteiger partial charge is 0.496 e. The number of aromatic carboxylic acids is 1. The zero-order valence-corrected chi connectivity index (χ0v) is 22.2. The van der Waals surface area contributed by atoms with Crippen molar-refractivity contribution in [1.29, 1.82) is 5.41 Å². The van der Waals surface area contributed by atoms with Crippen LogP contribution in [0.2, 0.25) is 0 Å². The Labute approximate surface area is 226 Å². The van der Waals surface area contributed by atoms with Gasteiger partial charge in [-0.05, 0) is 72.5 Å². The third-order valence-electron chi connectivity index (χ3n) is 5.99. The van der Waals surface area contributed by atoms with Gasteiger partial charge in [-0.3, -0.25) is 15.0 Å². The van der Waals surface area contributed by atoms with Gasteiger partial charge in [-0.2, -0.15) is 0 Å². The van der Waals surface area contributed by atoms with Gasteiger partial charge < -0.3 is 31.3 Å². The molecule has 10 nitrogen and oxygen atoms in total. The Morgan fingerprint density at radius 2 is 1.56 bits per heavy atom. The van der Waals surface area contributed by atoms with Crippen molar-refractivity contribution in [2.75, 3.05) is 19.0 Å². The second-order valence-corrected chi connectivity index (χ2v) is 9.43.